The molecule has 2 aromatic rings. The largest absolute Gasteiger partial charge is 0.477 e. The van der Waals surface area contributed by atoms with E-state index in [2.05, 4.69) is 10.4 Å². The number of fused-ring (bicyclic) bond motifs is 1. The van der Waals surface area contributed by atoms with Crippen LogP contribution in [0.1, 0.15) is 28.7 Å². The van der Waals surface area contributed by atoms with Crippen molar-refractivity contribution in [3.05, 3.63) is 58.6 Å². The third-order valence-corrected chi connectivity index (χ3v) is 6.59. The van der Waals surface area contributed by atoms with Crippen LogP contribution in [0.15, 0.2) is 41.6 Å². The maximum Gasteiger partial charge on any atom is 0.352 e. The summed E-state index contributed by atoms with van der Waals surface area (Å²) in [5, 5.41) is 16.3. The number of nitrogens with one attached hydrogen (secondary N) is 1. The number of carbonyl (C=O) groups is 3. The van der Waals surface area contributed by atoms with Gasteiger partial charge < -0.3 is 10.4 Å². The molecule has 0 aliphatic carbocycles. The number of β-lactam (4-membered cyclic amide) rings is 1. The first-order valence-electron chi connectivity index (χ1n) is 9.11. The highest BCUT2D eigenvalue weighted by Gasteiger charge is 2.53. The summed E-state index contributed by atoms with van der Waals surface area (Å²) in [5.41, 5.74) is 3.17. The highest BCUT2D eigenvalue weighted by atomic mass is 32.2. The van der Waals surface area contributed by atoms with E-state index in [4.69, 9.17) is 0 Å². The van der Waals surface area contributed by atoms with Crippen LogP contribution in [0.4, 0.5) is 0 Å². The molecule has 2 N–H and O–H groups in total. The molecule has 3 heterocycles. The predicted octanol–water partition coefficient (Wildman–Crippen LogP) is 1.86. The molecule has 1 aromatic carbocycles. The van der Waals surface area contributed by atoms with Crippen LogP contribution < -0.4 is 5.32 Å². The maximum absolute atomic E-state index is 13.0. The topological polar surface area (TPSA) is 105 Å². The average Bonchev–Trinajstić information content (AvgIpc) is 3.00. The standard InChI is InChI=1S/C20H20N4O4S/c1-10-9-29-19-15(18(26)23(19)16(10)20(27)28)21-17(25)14-11(2)22-24(12(14)3)13-7-5-4-6-8-13/h4-8,15,19H,9H2,1-3H3,(H,21,25)(H,27,28). The molecule has 8 nitrogen and oxygen atoms in total. The minimum Gasteiger partial charge on any atom is -0.477 e. The number of aryl methyl sites for hydroxylation is 1. The second kappa shape index (κ2) is 7.07. The van der Waals surface area contributed by atoms with Gasteiger partial charge in [0.2, 0.25) is 0 Å². The Balaban J connectivity index is 1.57. The minimum absolute atomic E-state index is 0.0218. The lowest BCUT2D eigenvalue weighted by atomic mass is 10.0. The molecule has 2 unspecified atom stereocenters. The number of carbonyl (C=O) groups excluding carboxylic acids is 2. The first kappa shape index (κ1) is 19.3. The number of carboxylic acid groups (broad SMARTS) is 1. The van der Waals surface area contributed by atoms with Gasteiger partial charge in [0.15, 0.2) is 0 Å². The summed E-state index contributed by atoms with van der Waals surface area (Å²) >= 11 is 1.45. The van der Waals surface area contributed by atoms with Crippen LogP contribution in [-0.2, 0) is 9.59 Å². The first-order valence-corrected chi connectivity index (χ1v) is 10.2. The molecule has 2 atom stereocenters. The number of hydrogen-bond acceptors (Lipinski definition) is 5. The molecule has 1 aromatic heterocycles. The number of aromatic nitrogens is 2. The Labute approximate surface area is 171 Å². The fourth-order valence-corrected chi connectivity index (χ4v) is 5.07. The third-order valence-electron chi connectivity index (χ3n) is 5.17. The van der Waals surface area contributed by atoms with Gasteiger partial charge in [0.05, 0.1) is 22.6 Å². The van der Waals surface area contributed by atoms with E-state index in [1.165, 1.54) is 16.7 Å². The van der Waals surface area contributed by atoms with Gasteiger partial charge in [0, 0.05) is 5.75 Å². The Hall–Kier alpha value is -3.07. The Morgan fingerprint density at radius 1 is 1.21 bits per heavy atom. The van der Waals surface area contributed by atoms with Crippen molar-refractivity contribution in [1.29, 1.82) is 0 Å². The van der Waals surface area contributed by atoms with Crippen molar-refractivity contribution in [3.63, 3.8) is 0 Å². The van der Waals surface area contributed by atoms with E-state index in [-0.39, 0.29) is 11.6 Å². The molecule has 29 heavy (non-hydrogen) atoms. The molecule has 1 fully saturated rings. The Morgan fingerprint density at radius 2 is 1.90 bits per heavy atom. The van der Waals surface area contributed by atoms with Crippen molar-refractivity contribution in [3.8, 4) is 5.69 Å². The molecule has 150 valence electrons. The molecule has 0 spiro atoms. The minimum atomic E-state index is -1.12. The zero-order valence-corrected chi connectivity index (χ0v) is 17.0. The SMILES string of the molecule is CC1=C(C(=O)O)N2C(=O)C(NC(=O)c3c(C)nn(-c4ccccc4)c3C)C2SC1. The summed E-state index contributed by atoms with van der Waals surface area (Å²) in [5.74, 6) is -1.41. The molecule has 0 saturated carbocycles. The molecule has 0 radical (unpaired) electrons. The molecule has 1 saturated heterocycles. The van der Waals surface area contributed by atoms with E-state index in [1.54, 1.807) is 25.5 Å². The summed E-state index contributed by atoms with van der Waals surface area (Å²) in [6, 6.07) is 8.73. The predicted molar refractivity (Wildman–Crippen MR) is 108 cm³/mol. The van der Waals surface area contributed by atoms with E-state index in [0.717, 1.165) is 5.69 Å². The molecule has 9 heteroatoms. The van der Waals surface area contributed by atoms with E-state index >= 15 is 0 Å². The van der Waals surface area contributed by atoms with Crippen LogP contribution in [0.25, 0.3) is 5.69 Å². The van der Waals surface area contributed by atoms with E-state index < -0.39 is 23.3 Å². The van der Waals surface area contributed by atoms with E-state index in [9.17, 15) is 19.5 Å². The molecule has 4 rings (SSSR count). The van der Waals surface area contributed by atoms with Gasteiger partial charge in [-0.2, -0.15) is 5.10 Å². The number of aliphatic carboxylic acids is 1. The van der Waals surface area contributed by atoms with Crippen LogP contribution in [0.3, 0.4) is 0 Å². The van der Waals surface area contributed by atoms with Crippen molar-refractivity contribution in [2.45, 2.75) is 32.2 Å². The van der Waals surface area contributed by atoms with Crippen LogP contribution in [0.5, 0.6) is 0 Å². The van der Waals surface area contributed by atoms with Crippen LogP contribution in [0.2, 0.25) is 0 Å². The number of rotatable bonds is 4. The maximum atomic E-state index is 13.0. The number of amides is 2. The van der Waals surface area contributed by atoms with Gasteiger partial charge >= 0.3 is 5.97 Å². The van der Waals surface area contributed by atoms with Gasteiger partial charge in [0.25, 0.3) is 11.8 Å². The smallest absolute Gasteiger partial charge is 0.352 e. The van der Waals surface area contributed by atoms with E-state index in [1.807, 2.05) is 30.3 Å². The quantitative estimate of drug-likeness (QED) is 0.743. The normalized spacial score (nSPS) is 20.9. The second-order valence-corrected chi connectivity index (χ2v) is 8.19. The van der Waals surface area contributed by atoms with Crippen molar-refractivity contribution < 1.29 is 19.5 Å². The van der Waals surface area contributed by atoms with Crippen molar-refractivity contribution >= 4 is 29.5 Å². The molecule has 2 aliphatic rings. The van der Waals surface area contributed by atoms with Crippen molar-refractivity contribution in [1.82, 2.24) is 20.0 Å². The van der Waals surface area contributed by atoms with E-state index in [0.29, 0.717) is 28.3 Å². The number of thioether (sulfide) groups is 1. The summed E-state index contributed by atoms with van der Waals surface area (Å²) in [4.78, 5) is 38.3. The number of carboxylic acids is 1. The Kier molecular flexibility index (Phi) is 4.70. The van der Waals surface area contributed by atoms with Gasteiger partial charge in [-0.1, -0.05) is 18.2 Å². The summed E-state index contributed by atoms with van der Waals surface area (Å²) in [6.45, 7) is 5.26. The molecule has 2 amide bonds. The number of benzene rings is 1. The lowest BCUT2D eigenvalue weighted by Gasteiger charge is -2.49. The van der Waals surface area contributed by atoms with Crippen LogP contribution >= 0.6 is 11.8 Å². The fraction of sp³-hybridized carbons (Fsp3) is 0.300. The van der Waals surface area contributed by atoms with Crippen molar-refractivity contribution in [2.75, 3.05) is 5.75 Å². The summed E-state index contributed by atoms with van der Waals surface area (Å²) in [6.07, 6.45) is 0. The second-order valence-electron chi connectivity index (χ2n) is 7.09. The van der Waals surface area contributed by atoms with Gasteiger partial charge in [0.1, 0.15) is 17.1 Å². The fourth-order valence-electron chi connectivity index (χ4n) is 3.78. The molecule has 2 aliphatic heterocycles. The van der Waals surface area contributed by atoms with Crippen LogP contribution in [-0.4, -0.2) is 54.7 Å². The highest BCUT2D eigenvalue weighted by molar-refractivity contribution is 8.00. The number of para-hydroxylation sites is 1. The highest BCUT2D eigenvalue weighted by Crippen LogP contribution is 2.40. The molecular formula is C20H20N4O4S. The molecule has 0 bridgehead atoms. The lowest BCUT2D eigenvalue weighted by molar-refractivity contribution is -0.148. The average molecular weight is 412 g/mol. The van der Waals surface area contributed by atoms with Gasteiger partial charge in [-0.25, -0.2) is 9.48 Å². The number of nitrogens with zero attached hydrogens (tertiary/aromatic N) is 3. The van der Waals surface area contributed by atoms with Gasteiger partial charge in [-0.3, -0.25) is 14.5 Å². The molecular weight excluding hydrogens is 392 g/mol. The summed E-state index contributed by atoms with van der Waals surface area (Å²) in [7, 11) is 0. The van der Waals surface area contributed by atoms with Crippen LogP contribution in [0, 0.1) is 13.8 Å². The van der Waals surface area contributed by atoms with Gasteiger partial charge in [-0.05, 0) is 38.5 Å². The van der Waals surface area contributed by atoms with Gasteiger partial charge in [-0.15, -0.1) is 11.8 Å². The van der Waals surface area contributed by atoms with Crippen molar-refractivity contribution in [2.24, 2.45) is 0 Å². The monoisotopic (exact) mass is 412 g/mol. The zero-order chi connectivity index (χ0) is 20.9. The Bertz CT molecular complexity index is 1060. The zero-order valence-electron chi connectivity index (χ0n) is 16.2. The Morgan fingerprint density at radius 3 is 2.55 bits per heavy atom. The first-order chi connectivity index (χ1) is 13.8. The summed E-state index contributed by atoms with van der Waals surface area (Å²) < 4.78 is 1.70. The third kappa shape index (κ3) is 3.02. The lowest BCUT2D eigenvalue weighted by Crippen LogP contribution is -2.70. The number of hydrogen-bond donors (Lipinski definition) is 2.